The van der Waals surface area contributed by atoms with Gasteiger partial charge in [-0.05, 0) is 48.5 Å². The van der Waals surface area contributed by atoms with Gasteiger partial charge in [-0.3, -0.25) is 0 Å². The highest BCUT2D eigenvalue weighted by atomic mass is 32.1. The van der Waals surface area contributed by atoms with E-state index >= 15 is 0 Å². The first kappa shape index (κ1) is 15.8. The molecule has 0 aliphatic carbocycles. The van der Waals surface area contributed by atoms with E-state index in [1.807, 2.05) is 66.7 Å². The molecule has 27 heavy (non-hydrogen) atoms. The summed E-state index contributed by atoms with van der Waals surface area (Å²) in [5.41, 5.74) is 4.41. The molecule has 0 spiro atoms. The molecular formula is C21H15N3O2S. The number of methoxy groups -OCH3 is 1. The maximum absolute atomic E-state index is 5.82. The van der Waals surface area contributed by atoms with E-state index in [1.54, 1.807) is 18.4 Å². The lowest BCUT2D eigenvalue weighted by Gasteiger charge is -2.03. The fraction of sp³-hybridized carbons (Fsp3) is 0.0476. The third-order valence-corrected chi connectivity index (χ3v) is 5.21. The van der Waals surface area contributed by atoms with Gasteiger partial charge in [0.25, 0.3) is 0 Å². The molecule has 0 amide bonds. The summed E-state index contributed by atoms with van der Waals surface area (Å²) in [7, 11) is 1.66. The van der Waals surface area contributed by atoms with Crippen molar-refractivity contribution in [2.24, 2.45) is 0 Å². The molecule has 0 unspecified atom stereocenters. The molecular weight excluding hydrogens is 358 g/mol. The lowest BCUT2D eigenvalue weighted by atomic mass is 10.2. The van der Waals surface area contributed by atoms with Gasteiger partial charge >= 0.3 is 0 Å². The minimum absolute atomic E-state index is 0.618. The van der Waals surface area contributed by atoms with Crippen molar-refractivity contribution in [2.75, 3.05) is 12.4 Å². The van der Waals surface area contributed by atoms with Gasteiger partial charge in [0.05, 0.1) is 11.8 Å². The van der Waals surface area contributed by atoms with Gasteiger partial charge in [-0.1, -0.05) is 29.5 Å². The van der Waals surface area contributed by atoms with E-state index in [-0.39, 0.29) is 0 Å². The van der Waals surface area contributed by atoms with Gasteiger partial charge in [0.2, 0.25) is 5.89 Å². The molecule has 5 aromatic rings. The number of hydrogen-bond donors (Lipinski definition) is 1. The summed E-state index contributed by atoms with van der Waals surface area (Å²) in [5.74, 6) is 1.40. The lowest BCUT2D eigenvalue weighted by Crippen LogP contribution is -1.89. The number of ether oxygens (including phenoxy) is 1. The van der Waals surface area contributed by atoms with Gasteiger partial charge < -0.3 is 14.5 Å². The Morgan fingerprint density at radius 3 is 2.59 bits per heavy atom. The first-order valence-electron chi connectivity index (χ1n) is 8.47. The van der Waals surface area contributed by atoms with Crippen LogP contribution < -0.4 is 10.1 Å². The van der Waals surface area contributed by atoms with Crippen molar-refractivity contribution >= 4 is 43.5 Å². The molecule has 5 rings (SSSR count). The summed E-state index contributed by atoms with van der Waals surface area (Å²) in [5, 5.41) is 4.17. The molecule has 3 aromatic carbocycles. The first-order chi connectivity index (χ1) is 13.3. The predicted octanol–water partition coefficient (Wildman–Crippen LogP) is 5.86. The van der Waals surface area contributed by atoms with Crippen molar-refractivity contribution in [3.8, 4) is 17.2 Å². The number of oxazole rings is 1. The highest BCUT2D eigenvalue weighted by Crippen LogP contribution is 2.34. The molecule has 2 heterocycles. The summed E-state index contributed by atoms with van der Waals surface area (Å²) >= 11 is 1.59. The Morgan fingerprint density at radius 2 is 1.78 bits per heavy atom. The summed E-state index contributed by atoms with van der Waals surface area (Å²) in [6.07, 6.45) is 0. The van der Waals surface area contributed by atoms with Crippen molar-refractivity contribution in [2.45, 2.75) is 0 Å². The van der Waals surface area contributed by atoms with Gasteiger partial charge in [-0.25, -0.2) is 9.97 Å². The smallest absolute Gasteiger partial charge is 0.227 e. The van der Waals surface area contributed by atoms with E-state index in [9.17, 15) is 0 Å². The van der Waals surface area contributed by atoms with Crippen molar-refractivity contribution in [3.05, 3.63) is 66.7 Å². The van der Waals surface area contributed by atoms with Crippen LogP contribution in [0.25, 0.3) is 32.8 Å². The molecule has 0 saturated heterocycles. The Hall–Kier alpha value is -3.38. The van der Waals surface area contributed by atoms with Crippen LogP contribution in [0.3, 0.4) is 0 Å². The number of thiazole rings is 1. The van der Waals surface area contributed by atoms with Crippen LogP contribution in [-0.2, 0) is 0 Å². The van der Waals surface area contributed by atoms with E-state index in [4.69, 9.17) is 9.15 Å². The highest BCUT2D eigenvalue weighted by molar-refractivity contribution is 7.22. The summed E-state index contributed by atoms with van der Waals surface area (Å²) in [6, 6.07) is 21.6. The van der Waals surface area contributed by atoms with E-state index in [0.29, 0.717) is 5.89 Å². The van der Waals surface area contributed by atoms with Crippen molar-refractivity contribution in [1.29, 1.82) is 0 Å². The number of aromatic nitrogens is 2. The minimum Gasteiger partial charge on any atom is -0.494 e. The molecule has 0 saturated carbocycles. The van der Waals surface area contributed by atoms with Gasteiger partial charge in [0, 0.05) is 11.3 Å². The summed E-state index contributed by atoms with van der Waals surface area (Å²) in [6.45, 7) is 0. The molecule has 132 valence electrons. The maximum atomic E-state index is 5.82. The molecule has 0 fully saturated rings. The number of nitrogens with zero attached hydrogens (tertiary/aromatic N) is 2. The van der Waals surface area contributed by atoms with Crippen LogP contribution in [0.4, 0.5) is 10.8 Å². The molecule has 0 bridgehead atoms. The Kier molecular flexibility index (Phi) is 3.76. The standard InChI is InChI=1S/C21H15N3O2S/c1-25-17-7-4-8-18-19(17)24-21(27-18)22-14-11-9-13(10-12-14)20-23-15-5-2-3-6-16(15)26-20/h2-12H,1H3,(H,22,24). The minimum atomic E-state index is 0.618. The molecule has 0 aliphatic rings. The lowest BCUT2D eigenvalue weighted by molar-refractivity contribution is 0.419. The third-order valence-electron chi connectivity index (χ3n) is 4.28. The second-order valence-electron chi connectivity index (χ2n) is 6.02. The van der Waals surface area contributed by atoms with E-state index in [2.05, 4.69) is 15.3 Å². The topological polar surface area (TPSA) is 60.2 Å². The molecule has 0 aliphatic heterocycles. The quantitative estimate of drug-likeness (QED) is 0.428. The number of para-hydroxylation sites is 3. The molecule has 2 aromatic heterocycles. The SMILES string of the molecule is COc1cccc2sc(Nc3ccc(-c4nc5ccccc5o4)cc3)nc12. The molecule has 5 nitrogen and oxygen atoms in total. The number of rotatable bonds is 4. The molecule has 6 heteroatoms. The van der Waals surface area contributed by atoms with Crippen LogP contribution in [0.15, 0.2) is 71.1 Å². The predicted molar refractivity (Wildman–Crippen MR) is 109 cm³/mol. The number of fused-ring (bicyclic) bond motifs is 2. The number of nitrogens with one attached hydrogen (secondary N) is 1. The van der Waals surface area contributed by atoms with Crippen LogP contribution in [0.5, 0.6) is 5.75 Å². The molecule has 0 radical (unpaired) electrons. The fourth-order valence-electron chi connectivity index (χ4n) is 2.96. The van der Waals surface area contributed by atoms with Gasteiger partial charge in [0.1, 0.15) is 16.8 Å². The Balaban J connectivity index is 1.42. The Morgan fingerprint density at radius 1 is 0.926 bits per heavy atom. The number of hydrogen-bond acceptors (Lipinski definition) is 6. The van der Waals surface area contributed by atoms with Gasteiger partial charge in [-0.15, -0.1) is 0 Å². The largest absolute Gasteiger partial charge is 0.494 e. The summed E-state index contributed by atoms with van der Waals surface area (Å²) in [4.78, 5) is 9.17. The Bertz CT molecular complexity index is 1210. The maximum Gasteiger partial charge on any atom is 0.227 e. The fourth-order valence-corrected chi connectivity index (χ4v) is 3.86. The van der Waals surface area contributed by atoms with Crippen LogP contribution in [0, 0.1) is 0 Å². The number of benzene rings is 3. The molecule has 1 N–H and O–H groups in total. The van der Waals surface area contributed by atoms with E-state index < -0.39 is 0 Å². The van der Waals surface area contributed by atoms with Crippen molar-refractivity contribution < 1.29 is 9.15 Å². The zero-order valence-electron chi connectivity index (χ0n) is 14.5. The zero-order chi connectivity index (χ0) is 18.2. The second kappa shape index (κ2) is 6.41. The first-order valence-corrected chi connectivity index (χ1v) is 9.28. The third kappa shape index (κ3) is 2.90. The average Bonchev–Trinajstić information content (AvgIpc) is 3.31. The second-order valence-corrected chi connectivity index (χ2v) is 7.05. The van der Waals surface area contributed by atoms with Gasteiger partial charge in [0.15, 0.2) is 10.7 Å². The average molecular weight is 373 g/mol. The number of anilines is 2. The van der Waals surface area contributed by atoms with Crippen LogP contribution in [0.2, 0.25) is 0 Å². The zero-order valence-corrected chi connectivity index (χ0v) is 15.3. The monoisotopic (exact) mass is 373 g/mol. The Labute approximate surface area is 159 Å². The van der Waals surface area contributed by atoms with E-state index in [1.165, 1.54) is 0 Å². The normalized spacial score (nSPS) is 11.1. The van der Waals surface area contributed by atoms with Crippen LogP contribution >= 0.6 is 11.3 Å². The summed E-state index contributed by atoms with van der Waals surface area (Å²) < 4.78 is 12.3. The van der Waals surface area contributed by atoms with E-state index in [0.717, 1.165) is 43.4 Å². The molecule has 0 atom stereocenters. The van der Waals surface area contributed by atoms with Gasteiger partial charge in [-0.2, -0.15) is 0 Å². The highest BCUT2D eigenvalue weighted by Gasteiger charge is 2.10. The van der Waals surface area contributed by atoms with Crippen molar-refractivity contribution in [1.82, 2.24) is 9.97 Å². The van der Waals surface area contributed by atoms with Crippen molar-refractivity contribution in [3.63, 3.8) is 0 Å². The van der Waals surface area contributed by atoms with Crippen LogP contribution in [0.1, 0.15) is 0 Å². The van der Waals surface area contributed by atoms with Crippen LogP contribution in [-0.4, -0.2) is 17.1 Å².